The van der Waals surface area contributed by atoms with Gasteiger partial charge in [-0.3, -0.25) is 4.79 Å². The van der Waals surface area contributed by atoms with Crippen molar-refractivity contribution in [3.05, 3.63) is 77.5 Å². The molecule has 3 aromatic rings. The third-order valence-corrected chi connectivity index (χ3v) is 5.55. The zero-order valence-corrected chi connectivity index (χ0v) is 19.2. The van der Waals surface area contributed by atoms with Gasteiger partial charge in [-0.25, -0.2) is 9.78 Å². The summed E-state index contributed by atoms with van der Waals surface area (Å²) >= 11 is 0. The molecule has 0 saturated carbocycles. The maximum atomic E-state index is 13.1. The van der Waals surface area contributed by atoms with E-state index in [1.54, 1.807) is 18.2 Å². The zero-order valence-electron chi connectivity index (χ0n) is 19.2. The van der Waals surface area contributed by atoms with Crippen LogP contribution in [0.25, 0.3) is 0 Å². The first-order valence-electron chi connectivity index (χ1n) is 10.8. The van der Waals surface area contributed by atoms with E-state index >= 15 is 0 Å². The number of pyridine rings is 1. The van der Waals surface area contributed by atoms with Gasteiger partial charge >= 0.3 is 5.97 Å². The molecule has 1 aliphatic heterocycles. The highest BCUT2D eigenvalue weighted by atomic mass is 16.5. The molecule has 7 heteroatoms. The zero-order chi connectivity index (χ0) is 23.6. The molecule has 0 saturated heterocycles. The van der Waals surface area contributed by atoms with Gasteiger partial charge in [0.25, 0.3) is 5.91 Å². The molecule has 0 atom stereocenters. The minimum atomic E-state index is -0.439. The van der Waals surface area contributed by atoms with Gasteiger partial charge < -0.3 is 19.7 Å². The summed E-state index contributed by atoms with van der Waals surface area (Å²) in [5, 5.41) is 2.96. The van der Waals surface area contributed by atoms with Crippen LogP contribution in [0.3, 0.4) is 0 Å². The van der Waals surface area contributed by atoms with Crippen molar-refractivity contribution in [3.63, 3.8) is 0 Å². The molecule has 170 valence electrons. The summed E-state index contributed by atoms with van der Waals surface area (Å²) in [6.07, 6.45) is 1.48. The van der Waals surface area contributed by atoms with Gasteiger partial charge in [0.15, 0.2) is 5.75 Å². The number of aromatic nitrogens is 1. The fourth-order valence-electron chi connectivity index (χ4n) is 3.70. The summed E-state index contributed by atoms with van der Waals surface area (Å²) in [4.78, 5) is 31.2. The number of nitrogens with one attached hydrogen (secondary N) is 1. The highest BCUT2D eigenvalue weighted by molar-refractivity contribution is 6.07. The number of ether oxygens (including phenoxy) is 2. The molecule has 0 bridgehead atoms. The van der Waals surface area contributed by atoms with E-state index in [0.29, 0.717) is 35.8 Å². The lowest BCUT2D eigenvalue weighted by molar-refractivity contribution is 0.0600. The van der Waals surface area contributed by atoms with E-state index in [-0.39, 0.29) is 11.3 Å². The van der Waals surface area contributed by atoms with E-state index in [9.17, 15) is 9.59 Å². The van der Waals surface area contributed by atoms with Crippen LogP contribution in [-0.2, 0) is 10.2 Å². The number of carbonyl (C=O) groups is 2. The van der Waals surface area contributed by atoms with E-state index in [0.717, 1.165) is 11.4 Å². The van der Waals surface area contributed by atoms with Gasteiger partial charge in [-0.2, -0.15) is 0 Å². The molecule has 7 nitrogen and oxygen atoms in total. The van der Waals surface area contributed by atoms with Crippen molar-refractivity contribution in [2.45, 2.75) is 26.2 Å². The number of benzene rings is 2. The number of anilines is 3. The number of methoxy groups -OCH3 is 1. The van der Waals surface area contributed by atoms with Crippen LogP contribution in [-0.4, -0.2) is 37.1 Å². The molecule has 0 radical (unpaired) electrons. The molecule has 2 heterocycles. The van der Waals surface area contributed by atoms with Gasteiger partial charge in [-0.15, -0.1) is 0 Å². The molecular weight excluding hydrogens is 418 g/mol. The van der Waals surface area contributed by atoms with Crippen LogP contribution in [0.4, 0.5) is 17.2 Å². The van der Waals surface area contributed by atoms with Gasteiger partial charge in [0.2, 0.25) is 0 Å². The number of amides is 1. The molecule has 0 unspecified atom stereocenters. The molecule has 33 heavy (non-hydrogen) atoms. The second kappa shape index (κ2) is 8.94. The fourth-order valence-corrected chi connectivity index (χ4v) is 3.70. The maximum absolute atomic E-state index is 13.1. The van der Waals surface area contributed by atoms with Crippen LogP contribution < -0.4 is 15.0 Å². The molecule has 1 aliphatic rings. The SMILES string of the molecule is COC(=O)c1ccc(N2CCOc3c(C(=O)Nc4ccc(C(C)(C)C)cc4)cccc32)nc1. The number of para-hydroxylation sites is 1. The molecule has 1 amide bonds. The van der Waals surface area contributed by atoms with Crippen molar-refractivity contribution in [1.29, 1.82) is 0 Å². The quantitative estimate of drug-likeness (QED) is 0.573. The van der Waals surface area contributed by atoms with E-state index in [4.69, 9.17) is 9.47 Å². The third-order valence-electron chi connectivity index (χ3n) is 5.55. The molecule has 4 rings (SSSR count). The topological polar surface area (TPSA) is 80.8 Å². The largest absolute Gasteiger partial charge is 0.489 e. The smallest absolute Gasteiger partial charge is 0.339 e. The van der Waals surface area contributed by atoms with Gasteiger partial charge in [-0.1, -0.05) is 39.0 Å². The number of rotatable bonds is 4. The summed E-state index contributed by atoms with van der Waals surface area (Å²) < 4.78 is 10.6. The summed E-state index contributed by atoms with van der Waals surface area (Å²) in [6, 6.07) is 16.7. The number of hydrogen-bond donors (Lipinski definition) is 1. The first kappa shape index (κ1) is 22.3. The Kier molecular flexibility index (Phi) is 6.05. The van der Waals surface area contributed by atoms with Gasteiger partial charge in [0.05, 0.1) is 30.5 Å². The molecule has 0 aliphatic carbocycles. The van der Waals surface area contributed by atoms with E-state index in [1.165, 1.54) is 18.9 Å². The Hall–Kier alpha value is -3.87. The molecular formula is C26H27N3O4. The van der Waals surface area contributed by atoms with E-state index in [1.807, 2.05) is 41.3 Å². The van der Waals surface area contributed by atoms with Crippen LogP contribution >= 0.6 is 0 Å². The number of esters is 1. The lowest BCUT2D eigenvalue weighted by Crippen LogP contribution is -2.30. The Morgan fingerprint density at radius 1 is 1.06 bits per heavy atom. The minimum absolute atomic E-state index is 0.0431. The van der Waals surface area contributed by atoms with Crippen molar-refractivity contribution in [3.8, 4) is 5.75 Å². The van der Waals surface area contributed by atoms with Crippen LogP contribution in [0.2, 0.25) is 0 Å². The van der Waals surface area contributed by atoms with E-state index in [2.05, 4.69) is 31.1 Å². The van der Waals surface area contributed by atoms with E-state index < -0.39 is 5.97 Å². The normalized spacial score (nSPS) is 13.0. The van der Waals surface area contributed by atoms with Gasteiger partial charge in [0, 0.05) is 11.9 Å². The first-order chi connectivity index (χ1) is 15.8. The van der Waals surface area contributed by atoms with Crippen LogP contribution in [0.15, 0.2) is 60.8 Å². The number of hydrogen-bond acceptors (Lipinski definition) is 6. The van der Waals surface area contributed by atoms with Crippen molar-refractivity contribution in [1.82, 2.24) is 4.98 Å². The second-order valence-electron chi connectivity index (χ2n) is 8.83. The third kappa shape index (κ3) is 4.67. The summed E-state index contributed by atoms with van der Waals surface area (Å²) in [5.74, 6) is 0.478. The Balaban J connectivity index is 1.58. The molecule has 1 aromatic heterocycles. The maximum Gasteiger partial charge on any atom is 0.339 e. The number of fused-ring (bicyclic) bond motifs is 1. The average Bonchev–Trinajstić information content (AvgIpc) is 2.82. The lowest BCUT2D eigenvalue weighted by atomic mass is 9.87. The minimum Gasteiger partial charge on any atom is -0.489 e. The Morgan fingerprint density at radius 2 is 1.82 bits per heavy atom. The van der Waals surface area contributed by atoms with Crippen LogP contribution in [0, 0.1) is 0 Å². The van der Waals surface area contributed by atoms with Crippen molar-refractivity contribution in [2.24, 2.45) is 0 Å². The lowest BCUT2D eigenvalue weighted by Gasteiger charge is -2.31. The monoisotopic (exact) mass is 445 g/mol. The summed E-state index contributed by atoms with van der Waals surface area (Å²) in [6.45, 7) is 7.42. The average molecular weight is 446 g/mol. The first-order valence-corrected chi connectivity index (χ1v) is 10.8. The molecule has 0 fully saturated rings. The predicted molar refractivity (Wildman–Crippen MR) is 128 cm³/mol. The summed E-state index contributed by atoms with van der Waals surface area (Å²) in [5.41, 5.74) is 3.53. The Morgan fingerprint density at radius 3 is 2.45 bits per heavy atom. The highest BCUT2D eigenvalue weighted by Crippen LogP contribution is 2.38. The molecule has 1 N–H and O–H groups in total. The van der Waals surface area contributed by atoms with Gasteiger partial charge in [-0.05, 0) is 47.4 Å². The molecule has 2 aromatic carbocycles. The second-order valence-corrected chi connectivity index (χ2v) is 8.83. The highest BCUT2D eigenvalue weighted by Gasteiger charge is 2.26. The predicted octanol–water partition coefficient (Wildman–Crippen LogP) is 4.95. The molecule has 0 spiro atoms. The fraction of sp³-hybridized carbons (Fsp3) is 0.269. The van der Waals surface area contributed by atoms with Crippen molar-refractivity contribution in [2.75, 3.05) is 30.5 Å². The number of carbonyl (C=O) groups excluding carboxylic acids is 2. The van der Waals surface area contributed by atoms with Gasteiger partial charge in [0.1, 0.15) is 12.4 Å². The Bertz CT molecular complexity index is 1170. The van der Waals surface area contributed by atoms with Crippen molar-refractivity contribution >= 4 is 29.1 Å². The Labute approximate surface area is 193 Å². The van der Waals surface area contributed by atoms with Crippen LogP contribution in [0.1, 0.15) is 47.1 Å². The van der Waals surface area contributed by atoms with Crippen LogP contribution in [0.5, 0.6) is 5.75 Å². The standard InChI is InChI=1S/C26H27N3O4/c1-26(2,3)18-9-11-19(12-10-18)28-24(30)20-6-5-7-21-23(20)33-15-14-29(21)22-13-8-17(16-27-22)25(31)32-4/h5-13,16H,14-15H2,1-4H3,(H,28,30). The summed E-state index contributed by atoms with van der Waals surface area (Å²) in [7, 11) is 1.33. The number of nitrogens with zero attached hydrogens (tertiary/aromatic N) is 2. The van der Waals surface area contributed by atoms with Crippen molar-refractivity contribution < 1.29 is 19.1 Å².